The van der Waals surface area contributed by atoms with Crippen LogP contribution in [0.5, 0.6) is 0 Å². The number of benzene rings is 2. The van der Waals surface area contributed by atoms with Crippen molar-refractivity contribution >= 4 is 22.4 Å². The third kappa shape index (κ3) is 1.03. The lowest BCUT2D eigenvalue weighted by Gasteiger charge is -2.24. The van der Waals surface area contributed by atoms with Crippen LogP contribution in [0.3, 0.4) is 0 Å². The number of hydrogen-bond acceptors (Lipinski definition) is 0. The largest absolute Gasteiger partial charge is 0.117 e. The van der Waals surface area contributed by atoms with Crippen molar-refractivity contribution in [1.29, 1.82) is 0 Å². The van der Waals surface area contributed by atoms with Crippen molar-refractivity contribution in [3.05, 3.63) is 47.5 Å². The van der Waals surface area contributed by atoms with Crippen molar-refractivity contribution in [2.24, 2.45) is 0 Å². The van der Waals surface area contributed by atoms with E-state index in [0.717, 1.165) is 0 Å². The Balaban J connectivity index is 2.51. The van der Waals surface area contributed by atoms with E-state index < -0.39 is 0 Å². The Kier molecular flexibility index (Phi) is 1.70. The van der Waals surface area contributed by atoms with E-state index in [2.05, 4.69) is 50.2 Å². The molecule has 1 aliphatic carbocycles. The number of rotatable bonds is 0. The van der Waals surface area contributed by atoms with Gasteiger partial charge >= 0.3 is 0 Å². The van der Waals surface area contributed by atoms with Crippen LogP contribution in [0.25, 0.3) is 10.8 Å². The molecule has 0 nitrogen and oxygen atoms in total. The monoisotopic (exact) mass is 216 g/mol. The Hall–Kier alpha value is -1.01. The minimum atomic E-state index is 0.0464. The molecule has 0 saturated heterocycles. The second-order valence-electron chi connectivity index (χ2n) is 4.84. The van der Waals surface area contributed by atoms with E-state index >= 15 is 0 Å². The topological polar surface area (TPSA) is 0 Å². The Morgan fingerprint density at radius 1 is 1.07 bits per heavy atom. The van der Waals surface area contributed by atoms with Gasteiger partial charge in [0, 0.05) is 5.41 Å². The average molecular weight is 217 g/mol. The lowest BCUT2D eigenvalue weighted by atomic mass is 9.85. The highest BCUT2D eigenvalue weighted by Crippen LogP contribution is 2.52. The van der Waals surface area contributed by atoms with E-state index in [1.165, 1.54) is 21.9 Å². The van der Waals surface area contributed by atoms with Gasteiger partial charge in [-0.2, -0.15) is 0 Å². The minimum absolute atomic E-state index is 0.0464. The lowest BCUT2D eigenvalue weighted by molar-refractivity contribution is 0.528. The van der Waals surface area contributed by atoms with Gasteiger partial charge in [-0.25, -0.2) is 0 Å². The smallest absolute Gasteiger partial charge is 0.0682 e. The zero-order valence-electron chi connectivity index (χ0n) is 8.92. The van der Waals surface area contributed by atoms with Crippen LogP contribution in [0.2, 0.25) is 0 Å². The Labute approximate surface area is 94.9 Å². The maximum absolute atomic E-state index is 6.54. The standard InChI is InChI=1S/C14H13Cl/c1-14(2)11-8-4-6-9-5-3-7-10(12(9)11)13(14)15/h3-8,13H,1-2H3/t13-/m0/s1. The van der Waals surface area contributed by atoms with Crippen LogP contribution in [0.1, 0.15) is 30.4 Å². The van der Waals surface area contributed by atoms with Crippen LogP contribution in [-0.2, 0) is 5.41 Å². The van der Waals surface area contributed by atoms with Crippen LogP contribution < -0.4 is 0 Å². The molecule has 1 aliphatic rings. The summed E-state index contributed by atoms with van der Waals surface area (Å²) in [6.45, 7) is 4.44. The first-order valence-electron chi connectivity index (χ1n) is 5.28. The average Bonchev–Trinajstić information content (AvgIpc) is 2.43. The summed E-state index contributed by atoms with van der Waals surface area (Å²) in [5, 5.41) is 2.77. The molecular formula is C14H13Cl. The molecule has 0 saturated carbocycles. The van der Waals surface area contributed by atoms with Crippen LogP contribution in [0.15, 0.2) is 36.4 Å². The lowest BCUT2D eigenvalue weighted by Crippen LogP contribution is -2.17. The molecule has 0 unspecified atom stereocenters. The highest BCUT2D eigenvalue weighted by Gasteiger charge is 2.39. The van der Waals surface area contributed by atoms with Gasteiger partial charge in [-0.3, -0.25) is 0 Å². The van der Waals surface area contributed by atoms with Crippen LogP contribution in [0.4, 0.5) is 0 Å². The van der Waals surface area contributed by atoms with Crippen molar-refractivity contribution in [2.75, 3.05) is 0 Å². The summed E-state index contributed by atoms with van der Waals surface area (Å²) in [5.41, 5.74) is 2.72. The summed E-state index contributed by atoms with van der Waals surface area (Å²) in [6, 6.07) is 12.9. The van der Waals surface area contributed by atoms with Crippen molar-refractivity contribution in [1.82, 2.24) is 0 Å². The molecule has 15 heavy (non-hydrogen) atoms. The molecule has 0 aromatic heterocycles. The molecule has 0 amide bonds. The number of halogens is 1. The van der Waals surface area contributed by atoms with Gasteiger partial charge in [-0.05, 0) is 21.9 Å². The molecule has 0 fully saturated rings. The van der Waals surface area contributed by atoms with E-state index in [1.807, 2.05) is 0 Å². The maximum atomic E-state index is 6.54. The minimum Gasteiger partial charge on any atom is -0.117 e. The molecule has 0 N–H and O–H groups in total. The molecule has 76 valence electrons. The highest BCUT2D eigenvalue weighted by molar-refractivity contribution is 6.24. The number of hydrogen-bond donors (Lipinski definition) is 0. The predicted molar refractivity (Wildman–Crippen MR) is 65.6 cm³/mol. The van der Waals surface area contributed by atoms with Crippen molar-refractivity contribution in [3.8, 4) is 0 Å². The van der Waals surface area contributed by atoms with Gasteiger partial charge in [0.1, 0.15) is 0 Å². The molecule has 2 aromatic carbocycles. The van der Waals surface area contributed by atoms with Gasteiger partial charge in [-0.1, -0.05) is 50.2 Å². The fourth-order valence-electron chi connectivity index (χ4n) is 2.64. The van der Waals surface area contributed by atoms with Crippen molar-refractivity contribution in [2.45, 2.75) is 24.6 Å². The van der Waals surface area contributed by atoms with Crippen molar-refractivity contribution in [3.63, 3.8) is 0 Å². The molecule has 0 bridgehead atoms. The van der Waals surface area contributed by atoms with Gasteiger partial charge in [0.2, 0.25) is 0 Å². The van der Waals surface area contributed by atoms with E-state index in [0.29, 0.717) is 0 Å². The van der Waals surface area contributed by atoms with E-state index in [-0.39, 0.29) is 10.8 Å². The molecule has 0 spiro atoms. The van der Waals surface area contributed by atoms with Gasteiger partial charge < -0.3 is 0 Å². The second kappa shape index (κ2) is 2.76. The van der Waals surface area contributed by atoms with Gasteiger partial charge in [0.05, 0.1) is 5.38 Å². The van der Waals surface area contributed by atoms with Gasteiger partial charge in [0.15, 0.2) is 0 Å². The molecule has 3 rings (SSSR count). The Bertz CT molecular complexity index is 535. The normalized spacial score (nSPS) is 22.2. The third-order valence-corrected chi connectivity index (χ3v) is 4.32. The number of alkyl halides is 1. The molecule has 0 aliphatic heterocycles. The molecule has 0 radical (unpaired) electrons. The molecule has 0 heterocycles. The van der Waals surface area contributed by atoms with Crippen LogP contribution in [-0.4, -0.2) is 0 Å². The second-order valence-corrected chi connectivity index (χ2v) is 5.27. The van der Waals surface area contributed by atoms with Crippen LogP contribution in [0, 0.1) is 0 Å². The van der Waals surface area contributed by atoms with Gasteiger partial charge in [-0.15, -0.1) is 11.6 Å². The third-order valence-electron chi connectivity index (χ3n) is 3.54. The molecular weight excluding hydrogens is 204 g/mol. The molecule has 1 heteroatoms. The fourth-order valence-corrected chi connectivity index (χ4v) is 2.94. The van der Waals surface area contributed by atoms with Gasteiger partial charge in [0.25, 0.3) is 0 Å². The predicted octanol–water partition coefficient (Wildman–Crippen LogP) is 4.41. The zero-order chi connectivity index (χ0) is 10.6. The maximum Gasteiger partial charge on any atom is 0.0682 e. The van der Waals surface area contributed by atoms with E-state index in [4.69, 9.17) is 11.6 Å². The summed E-state index contributed by atoms with van der Waals surface area (Å²) in [7, 11) is 0. The SMILES string of the molecule is CC1(C)c2cccc3cccc(c23)[C@@H]1Cl. The fraction of sp³-hybridized carbons (Fsp3) is 0.286. The molecule has 1 atom stereocenters. The van der Waals surface area contributed by atoms with E-state index in [9.17, 15) is 0 Å². The Morgan fingerprint density at radius 2 is 1.73 bits per heavy atom. The van der Waals surface area contributed by atoms with E-state index in [1.54, 1.807) is 0 Å². The summed E-state index contributed by atoms with van der Waals surface area (Å²) in [6.07, 6.45) is 0. The zero-order valence-corrected chi connectivity index (χ0v) is 9.68. The molecule has 2 aromatic rings. The van der Waals surface area contributed by atoms with Crippen LogP contribution >= 0.6 is 11.6 Å². The Morgan fingerprint density at radius 3 is 2.47 bits per heavy atom. The quantitative estimate of drug-likeness (QED) is 0.573. The summed E-state index contributed by atoms with van der Waals surface area (Å²) >= 11 is 6.54. The first kappa shape index (κ1) is 9.23. The highest BCUT2D eigenvalue weighted by atomic mass is 35.5. The van der Waals surface area contributed by atoms with Crippen molar-refractivity contribution < 1.29 is 0 Å². The first-order valence-corrected chi connectivity index (χ1v) is 5.72. The summed E-state index contributed by atoms with van der Waals surface area (Å²) < 4.78 is 0. The summed E-state index contributed by atoms with van der Waals surface area (Å²) in [4.78, 5) is 0. The summed E-state index contributed by atoms with van der Waals surface area (Å²) in [5.74, 6) is 0. The first-order chi connectivity index (χ1) is 7.12.